The summed E-state index contributed by atoms with van der Waals surface area (Å²) in [4.78, 5) is 0. The molecule has 0 amide bonds. The van der Waals surface area contributed by atoms with Gasteiger partial charge in [-0.2, -0.15) is 5.10 Å². The minimum Gasteiger partial charge on any atom is -0.316 e. The van der Waals surface area contributed by atoms with Crippen molar-refractivity contribution in [3.05, 3.63) is 17.0 Å². The average molecular weight is 205 g/mol. The van der Waals surface area contributed by atoms with Crippen LogP contribution in [-0.2, 0) is 0 Å². The number of nitrogens with one attached hydrogen (secondary N) is 1. The van der Waals surface area contributed by atoms with E-state index in [4.69, 9.17) is 0 Å². The molecule has 0 radical (unpaired) electrons. The molecule has 3 rings (SSSR count). The van der Waals surface area contributed by atoms with Crippen LogP contribution in [0.2, 0.25) is 0 Å². The van der Waals surface area contributed by atoms with Crippen LogP contribution < -0.4 is 5.32 Å². The lowest BCUT2D eigenvalue weighted by molar-refractivity contribution is 0.00139. The molecule has 0 atom stereocenters. The summed E-state index contributed by atoms with van der Waals surface area (Å²) in [6.45, 7) is 8.93. The van der Waals surface area contributed by atoms with Crippen LogP contribution in [0, 0.1) is 26.2 Å². The average Bonchev–Trinajstić information content (AvgIpc) is 2.29. The van der Waals surface area contributed by atoms with Gasteiger partial charge in [-0.05, 0) is 44.6 Å². The summed E-state index contributed by atoms with van der Waals surface area (Å²) in [6.07, 6.45) is 2.64. The first-order valence-electron chi connectivity index (χ1n) is 5.84. The highest BCUT2D eigenvalue weighted by molar-refractivity contribution is 5.23. The molecule has 2 heterocycles. The quantitative estimate of drug-likeness (QED) is 0.756. The molecule has 0 unspecified atom stereocenters. The van der Waals surface area contributed by atoms with Gasteiger partial charge in [0.25, 0.3) is 0 Å². The Kier molecular flexibility index (Phi) is 1.78. The molecule has 0 aromatic carbocycles. The van der Waals surface area contributed by atoms with Gasteiger partial charge >= 0.3 is 0 Å². The number of hydrogen-bond donors (Lipinski definition) is 1. The summed E-state index contributed by atoms with van der Waals surface area (Å²) in [6, 6.07) is 0.666. The maximum absolute atomic E-state index is 4.65. The molecule has 1 N–H and O–H groups in total. The van der Waals surface area contributed by atoms with E-state index in [1.165, 1.54) is 42.9 Å². The molecule has 1 saturated carbocycles. The molecule has 15 heavy (non-hydrogen) atoms. The van der Waals surface area contributed by atoms with E-state index in [2.05, 4.69) is 35.9 Å². The third kappa shape index (κ3) is 1.19. The molecule has 3 heteroatoms. The normalized spacial score (nSPS) is 23.9. The summed E-state index contributed by atoms with van der Waals surface area (Å²) < 4.78 is 2.26. The summed E-state index contributed by atoms with van der Waals surface area (Å²) in [7, 11) is 0. The van der Waals surface area contributed by atoms with Crippen LogP contribution in [0.25, 0.3) is 0 Å². The molecule has 2 fully saturated rings. The number of hydrogen-bond acceptors (Lipinski definition) is 2. The van der Waals surface area contributed by atoms with Crippen molar-refractivity contribution in [1.29, 1.82) is 0 Å². The Balaban J connectivity index is 1.80. The Labute approximate surface area is 90.9 Å². The van der Waals surface area contributed by atoms with Gasteiger partial charge in [-0.15, -0.1) is 0 Å². The topological polar surface area (TPSA) is 29.9 Å². The van der Waals surface area contributed by atoms with Gasteiger partial charge in [-0.25, -0.2) is 0 Å². The second kappa shape index (κ2) is 2.85. The predicted molar refractivity (Wildman–Crippen MR) is 60.0 cm³/mol. The largest absolute Gasteiger partial charge is 0.316 e. The summed E-state index contributed by atoms with van der Waals surface area (Å²) in [5, 5.41) is 8.03. The Bertz CT molecular complexity index is 393. The lowest BCUT2D eigenvalue weighted by Crippen LogP contribution is -2.60. The SMILES string of the molecule is Cc1nn(C2CC3(CNC3)C2)c(C)c1C. The fourth-order valence-corrected chi connectivity index (χ4v) is 2.98. The first-order valence-corrected chi connectivity index (χ1v) is 5.84. The molecule has 1 aliphatic heterocycles. The number of aromatic nitrogens is 2. The number of rotatable bonds is 1. The van der Waals surface area contributed by atoms with E-state index >= 15 is 0 Å². The van der Waals surface area contributed by atoms with Gasteiger partial charge in [0.05, 0.1) is 11.7 Å². The van der Waals surface area contributed by atoms with Gasteiger partial charge in [0, 0.05) is 18.8 Å². The second-order valence-corrected chi connectivity index (χ2v) is 5.41. The smallest absolute Gasteiger partial charge is 0.0625 e. The monoisotopic (exact) mass is 205 g/mol. The van der Waals surface area contributed by atoms with Gasteiger partial charge in [-0.1, -0.05) is 0 Å². The van der Waals surface area contributed by atoms with Gasteiger partial charge < -0.3 is 5.32 Å². The van der Waals surface area contributed by atoms with Gasteiger partial charge in [0.2, 0.25) is 0 Å². The highest BCUT2D eigenvalue weighted by Gasteiger charge is 2.49. The molecule has 3 nitrogen and oxygen atoms in total. The van der Waals surface area contributed by atoms with Crippen molar-refractivity contribution in [2.45, 2.75) is 39.7 Å². The highest BCUT2D eigenvalue weighted by atomic mass is 15.3. The molecule has 1 saturated heterocycles. The summed E-state index contributed by atoms with van der Waals surface area (Å²) in [5.41, 5.74) is 4.56. The van der Waals surface area contributed by atoms with Crippen LogP contribution in [-0.4, -0.2) is 22.9 Å². The van der Waals surface area contributed by atoms with E-state index in [0.717, 1.165) is 0 Å². The standard InChI is InChI=1S/C12H19N3/c1-8-9(2)14-15(10(8)3)11-4-12(5-11)6-13-7-12/h11,13H,4-7H2,1-3H3. The molecule has 1 aromatic rings. The van der Waals surface area contributed by atoms with Crippen molar-refractivity contribution in [2.24, 2.45) is 5.41 Å². The van der Waals surface area contributed by atoms with E-state index in [1.54, 1.807) is 0 Å². The number of aryl methyl sites for hydroxylation is 1. The minimum atomic E-state index is 0.644. The van der Waals surface area contributed by atoms with E-state index in [-0.39, 0.29) is 0 Å². The Morgan fingerprint density at radius 2 is 1.93 bits per heavy atom. The van der Waals surface area contributed by atoms with Crippen molar-refractivity contribution >= 4 is 0 Å². The van der Waals surface area contributed by atoms with Crippen LogP contribution in [0.4, 0.5) is 0 Å². The van der Waals surface area contributed by atoms with Crippen molar-refractivity contribution < 1.29 is 0 Å². The van der Waals surface area contributed by atoms with Gasteiger partial charge in [0.15, 0.2) is 0 Å². The molecule has 1 aromatic heterocycles. The van der Waals surface area contributed by atoms with E-state index in [9.17, 15) is 0 Å². The zero-order chi connectivity index (χ0) is 10.6. The maximum Gasteiger partial charge on any atom is 0.0625 e. The summed E-state index contributed by atoms with van der Waals surface area (Å²) >= 11 is 0. The lowest BCUT2D eigenvalue weighted by Gasteiger charge is -2.54. The molecule has 0 bridgehead atoms. The zero-order valence-corrected chi connectivity index (χ0v) is 9.80. The van der Waals surface area contributed by atoms with Gasteiger partial charge in [-0.3, -0.25) is 4.68 Å². The third-order valence-electron chi connectivity index (χ3n) is 4.37. The van der Waals surface area contributed by atoms with E-state index < -0.39 is 0 Å². The second-order valence-electron chi connectivity index (χ2n) is 5.41. The molecule has 2 aliphatic rings. The van der Waals surface area contributed by atoms with Crippen molar-refractivity contribution in [1.82, 2.24) is 15.1 Å². The van der Waals surface area contributed by atoms with E-state index in [1.807, 2.05) is 0 Å². The maximum atomic E-state index is 4.65. The van der Waals surface area contributed by atoms with Crippen LogP contribution in [0.3, 0.4) is 0 Å². The van der Waals surface area contributed by atoms with Crippen molar-refractivity contribution in [2.75, 3.05) is 13.1 Å². The molecule has 1 spiro atoms. The fraction of sp³-hybridized carbons (Fsp3) is 0.750. The van der Waals surface area contributed by atoms with Crippen LogP contribution in [0.15, 0.2) is 0 Å². The van der Waals surface area contributed by atoms with Crippen LogP contribution in [0.1, 0.15) is 35.8 Å². The highest BCUT2D eigenvalue weighted by Crippen LogP contribution is 2.51. The minimum absolute atomic E-state index is 0.644. The first kappa shape index (κ1) is 9.40. The predicted octanol–water partition coefficient (Wildman–Crippen LogP) is 1.73. The van der Waals surface area contributed by atoms with Crippen LogP contribution >= 0.6 is 0 Å². The molecular weight excluding hydrogens is 186 g/mol. The lowest BCUT2D eigenvalue weighted by atomic mass is 9.61. The molecule has 1 aliphatic carbocycles. The molecule has 82 valence electrons. The first-order chi connectivity index (χ1) is 7.11. The number of nitrogens with zero attached hydrogens (tertiary/aromatic N) is 2. The van der Waals surface area contributed by atoms with Crippen molar-refractivity contribution in [3.8, 4) is 0 Å². The Hall–Kier alpha value is -0.830. The third-order valence-corrected chi connectivity index (χ3v) is 4.37. The zero-order valence-electron chi connectivity index (χ0n) is 9.80. The molecular formula is C12H19N3. The van der Waals surface area contributed by atoms with Crippen molar-refractivity contribution in [3.63, 3.8) is 0 Å². The van der Waals surface area contributed by atoms with Gasteiger partial charge in [0.1, 0.15) is 0 Å². The fourth-order valence-electron chi connectivity index (χ4n) is 2.98. The summed E-state index contributed by atoms with van der Waals surface area (Å²) in [5.74, 6) is 0. The van der Waals surface area contributed by atoms with Crippen LogP contribution in [0.5, 0.6) is 0 Å². The Morgan fingerprint density at radius 1 is 1.27 bits per heavy atom. The Morgan fingerprint density at radius 3 is 2.33 bits per heavy atom. The van der Waals surface area contributed by atoms with E-state index in [0.29, 0.717) is 11.5 Å².